The van der Waals surface area contributed by atoms with E-state index in [2.05, 4.69) is 20.7 Å². The number of nitrogens with one attached hydrogen (secondary N) is 3. The molecule has 3 aromatic rings. The molecule has 0 saturated heterocycles. The van der Waals surface area contributed by atoms with Crippen LogP contribution in [-0.2, 0) is 36.9 Å². The molecule has 13 heteroatoms. The topological polar surface area (TPSA) is 190 Å². The van der Waals surface area contributed by atoms with Crippen molar-refractivity contribution < 1.29 is 48.4 Å². The predicted molar refractivity (Wildman–Crippen MR) is 157 cm³/mol. The second kappa shape index (κ2) is 16.8. The monoisotopic (exact) mass is 607 g/mol. The second-order valence-electron chi connectivity index (χ2n) is 9.41. The molecule has 3 rings (SSSR count). The zero-order valence-electron chi connectivity index (χ0n) is 23.9. The van der Waals surface area contributed by atoms with E-state index in [-0.39, 0.29) is 48.9 Å². The van der Waals surface area contributed by atoms with Crippen LogP contribution >= 0.6 is 0 Å². The lowest BCUT2D eigenvalue weighted by Crippen LogP contribution is -2.48. The zero-order valence-corrected chi connectivity index (χ0v) is 23.9. The number of aliphatic carboxylic acids is 1. The van der Waals surface area contributed by atoms with Gasteiger partial charge < -0.3 is 40.4 Å². The van der Waals surface area contributed by atoms with Crippen molar-refractivity contribution in [3.63, 3.8) is 0 Å². The van der Waals surface area contributed by atoms with E-state index in [1.165, 1.54) is 25.3 Å². The van der Waals surface area contributed by atoms with Gasteiger partial charge in [0.25, 0.3) is 0 Å². The van der Waals surface area contributed by atoms with E-state index < -0.39 is 35.9 Å². The standard InChI is InChI=1S/C31H33N3O10/c1-42-31(41)34-23(18-20-12-14-22(15-13-20)33-28(37)29(38)39)27(36)32-16-5-6-17-43-25-11-7-10-24(35)26(25)30(40)44-19-21-8-3-2-4-9-21/h2-4,7-15,23,35H,5-6,16-19H2,1H3,(H,32,36)(H,33,37)(H,34,41)(H,38,39)/t23-/m0/s1. The van der Waals surface area contributed by atoms with Crippen LogP contribution in [0.3, 0.4) is 0 Å². The third-order valence-electron chi connectivity index (χ3n) is 6.19. The molecule has 0 fully saturated rings. The molecule has 0 heterocycles. The number of unbranched alkanes of at least 4 members (excludes halogenated alkanes) is 1. The van der Waals surface area contributed by atoms with Crippen molar-refractivity contribution in [2.75, 3.05) is 25.6 Å². The summed E-state index contributed by atoms with van der Waals surface area (Å²) in [7, 11) is 1.17. The summed E-state index contributed by atoms with van der Waals surface area (Å²) in [4.78, 5) is 59.4. The number of methoxy groups -OCH3 is 1. The number of hydrogen-bond acceptors (Lipinski definition) is 9. The molecule has 0 unspecified atom stereocenters. The van der Waals surface area contributed by atoms with Gasteiger partial charge in [-0.1, -0.05) is 48.5 Å². The average Bonchev–Trinajstić information content (AvgIpc) is 3.02. The Morgan fingerprint density at radius 3 is 2.27 bits per heavy atom. The van der Waals surface area contributed by atoms with Crippen molar-refractivity contribution in [2.45, 2.75) is 31.9 Å². The number of carbonyl (C=O) groups is 5. The van der Waals surface area contributed by atoms with Crippen LogP contribution in [0.2, 0.25) is 0 Å². The molecule has 5 N–H and O–H groups in total. The van der Waals surface area contributed by atoms with Gasteiger partial charge in [0.1, 0.15) is 29.7 Å². The third-order valence-corrected chi connectivity index (χ3v) is 6.19. The number of anilines is 1. The Labute approximate surface area is 253 Å². The van der Waals surface area contributed by atoms with Crippen LogP contribution in [0.4, 0.5) is 10.5 Å². The van der Waals surface area contributed by atoms with Gasteiger partial charge in [-0.15, -0.1) is 0 Å². The lowest BCUT2D eigenvalue weighted by molar-refractivity contribution is -0.147. The first-order valence-corrected chi connectivity index (χ1v) is 13.6. The van der Waals surface area contributed by atoms with Gasteiger partial charge in [-0.2, -0.15) is 0 Å². The molecule has 0 aliphatic heterocycles. The fourth-order valence-electron chi connectivity index (χ4n) is 3.94. The van der Waals surface area contributed by atoms with Gasteiger partial charge in [0.15, 0.2) is 0 Å². The summed E-state index contributed by atoms with van der Waals surface area (Å²) in [6.07, 6.45) is 0.291. The summed E-state index contributed by atoms with van der Waals surface area (Å²) >= 11 is 0. The molecule has 0 spiro atoms. The highest BCUT2D eigenvalue weighted by Crippen LogP contribution is 2.29. The Bertz CT molecular complexity index is 1440. The smallest absolute Gasteiger partial charge is 0.407 e. The maximum Gasteiger partial charge on any atom is 0.407 e. The molecule has 232 valence electrons. The van der Waals surface area contributed by atoms with Gasteiger partial charge in [-0.25, -0.2) is 14.4 Å². The van der Waals surface area contributed by atoms with E-state index in [0.29, 0.717) is 18.4 Å². The second-order valence-corrected chi connectivity index (χ2v) is 9.41. The summed E-state index contributed by atoms with van der Waals surface area (Å²) in [5.41, 5.74) is 1.61. The van der Waals surface area contributed by atoms with Gasteiger partial charge in [0.05, 0.1) is 13.7 Å². The molecule has 44 heavy (non-hydrogen) atoms. The Morgan fingerprint density at radius 1 is 0.864 bits per heavy atom. The highest BCUT2D eigenvalue weighted by Gasteiger charge is 2.22. The van der Waals surface area contributed by atoms with Crippen molar-refractivity contribution in [3.05, 3.63) is 89.5 Å². The number of amides is 3. The van der Waals surface area contributed by atoms with E-state index in [1.54, 1.807) is 24.3 Å². The Morgan fingerprint density at radius 2 is 1.59 bits per heavy atom. The van der Waals surface area contributed by atoms with Crippen LogP contribution in [0.25, 0.3) is 0 Å². The third kappa shape index (κ3) is 10.4. The highest BCUT2D eigenvalue weighted by molar-refractivity contribution is 6.36. The average molecular weight is 608 g/mol. The summed E-state index contributed by atoms with van der Waals surface area (Å²) in [6, 6.07) is 18.7. The predicted octanol–water partition coefficient (Wildman–Crippen LogP) is 3.01. The zero-order chi connectivity index (χ0) is 31.9. The van der Waals surface area contributed by atoms with Crippen LogP contribution in [-0.4, -0.2) is 66.4 Å². The summed E-state index contributed by atoms with van der Waals surface area (Å²) < 4.78 is 15.7. The molecular formula is C31H33N3O10. The number of carboxylic acids is 1. The van der Waals surface area contributed by atoms with Crippen LogP contribution in [0.1, 0.15) is 34.3 Å². The number of phenolic OH excluding ortho intramolecular Hbond substituents is 1. The number of rotatable bonds is 14. The van der Waals surface area contributed by atoms with E-state index in [0.717, 1.165) is 5.56 Å². The minimum absolute atomic E-state index is 0.0370. The Kier molecular flexibility index (Phi) is 12.5. The lowest BCUT2D eigenvalue weighted by atomic mass is 10.0. The molecule has 0 aromatic heterocycles. The number of aromatic hydroxyl groups is 1. The summed E-state index contributed by atoms with van der Waals surface area (Å²) in [5.74, 6) is -4.09. The number of benzene rings is 3. The maximum absolute atomic E-state index is 12.8. The fourth-order valence-corrected chi connectivity index (χ4v) is 3.94. The maximum atomic E-state index is 12.8. The van der Waals surface area contributed by atoms with Gasteiger partial charge >= 0.3 is 23.9 Å². The van der Waals surface area contributed by atoms with E-state index in [4.69, 9.17) is 14.6 Å². The van der Waals surface area contributed by atoms with Crippen molar-refractivity contribution in [1.82, 2.24) is 10.6 Å². The van der Waals surface area contributed by atoms with Crippen LogP contribution < -0.4 is 20.7 Å². The SMILES string of the molecule is COC(=O)N[C@@H](Cc1ccc(NC(=O)C(=O)O)cc1)C(=O)NCCCCOc1cccc(O)c1C(=O)OCc1ccccc1. The number of esters is 1. The van der Waals surface area contributed by atoms with Crippen molar-refractivity contribution in [3.8, 4) is 11.5 Å². The van der Waals surface area contributed by atoms with Gasteiger partial charge in [-0.05, 0) is 48.2 Å². The van der Waals surface area contributed by atoms with Crippen LogP contribution in [0.5, 0.6) is 11.5 Å². The molecule has 0 radical (unpaired) electrons. The lowest BCUT2D eigenvalue weighted by Gasteiger charge is -2.18. The first kappa shape index (κ1) is 32.9. The quantitative estimate of drug-likeness (QED) is 0.103. The van der Waals surface area contributed by atoms with Crippen LogP contribution in [0, 0.1) is 0 Å². The van der Waals surface area contributed by atoms with E-state index in [9.17, 15) is 29.1 Å². The molecule has 0 aliphatic carbocycles. The Hall–Kier alpha value is -5.59. The number of phenols is 1. The molecular weight excluding hydrogens is 574 g/mol. The largest absolute Gasteiger partial charge is 0.507 e. The number of alkyl carbamates (subject to hydrolysis) is 1. The van der Waals surface area contributed by atoms with Gasteiger partial charge in [-0.3, -0.25) is 9.59 Å². The number of hydrogen-bond donors (Lipinski definition) is 5. The molecule has 0 saturated carbocycles. The minimum atomic E-state index is -1.62. The van der Waals surface area contributed by atoms with Crippen molar-refractivity contribution in [1.29, 1.82) is 0 Å². The normalized spacial score (nSPS) is 11.0. The van der Waals surface area contributed by atoms with E-state index >= 15 is 0 Å². The van der Waals surface area contributed by atoms with E-state index in [1.807, 2.05) is 30.3 Å². The first-order valence-electron chi connectivity index (χ1n) is 13.6. The van der Waals surface area contributed by atoms with Crippen molar-refractivity contribution >= 4 is 35.5 Å². The fraction of sp³-hybridized carbons (Fsp3) is 0.258. The van der Waals surface area contributed by atoms with Gasteiger partial charge in [0.2, 0.25) is 5.91 Å². The number of carboxylic acid groups (broad SMARTS) is 1. The molecule has 0 aliphatic rings. The Balaban J connectivity index is 1.48. The molecule has 1 atom stereocenters. The van der Waals surface area contributed by atoms with Crippen LogP contribution in [0.15, 0.2) is 72.8 Å². The number of ether oxygens (including phenoxy) is 3. The molecule has 3 amide bonds. The minimum Gasteiger partial charge on any atom is -0.507 e. The highest BCUT2D eigenvalue weighted by atomic mass is 16.5. The molecule has 13 nitrogen and oxygen atoms in total. The summed E-state index contributed by atoms with van der Waals surface area (Å²) in [6.45, 7) is 0.482. The van der Waals surface area contributed by atoms with Gasteiger partial charge in [0, 0.05) is 18.7 Å². The molecule has 0 bridgehead atoms. The summed E-state index contributed by atoms with van der Waals surface area (Å²) in [5, 5.41) is 26.4. The first-order chi connectivity index (χ1) is 21.2. The van der Waals surface area contributed by atoms with Crippen molar-refractivity contribution in [2.24, 2.45) is 0 Å². The molecule has 3 aromatic carbocycles. The number of carbonyl (C=O) groups excluding carboxylic acids is 4.